The molecule has 0 unspecified atom stereocenters. The predicted octanol–water partition coefficient (Wildman–Crippen LogP) is 5.00. The van der Waals surface area contributed by atoms with Gasteiger partial charge in [0, 0.05) is 27.1 Å². The fourth-order valence-electron chi connectivity index (χ4n) is 4.39. The molecule has 0 radical (unpaired) electrons. The van der Waals surface area contributed by atoms with Crippen molar-refractivity contribution in [1.82, 2.24) is 4.98 Å². The van der Waals surface area contributed by atoms with Crippen LogP contribution >= 0.6 is 11.3 Å². The third kappa shape index (κ3) is 3.19. The zero-order valence-electron chi connectivity index (χ0n) is 18.0. The molecule has 0 spiro atoms. The van der Waals surface area contributed by atoms with Crippen molar-refractivity contribution in [3.8, 4) is 16.2 Å². The summed E-state index contributed by atoms with van der Waals surface area (Å²) in [5.41, 5.74) is 3.44. The van der Waals surface area contributed by atoms with Gasteiger partial charge in [0.2, 0.25) is 5.43 Å². The molecule has 0 saturated heterocycles. The summed E-state index contributed by atoms with van der Waals surface area (Å²) in [5.74, 6) is 0.242. The Hall–Kier alpha value is -3.19. The van der Waals surface area contributed by atoms with Gasteiger partial charge >= 0.3 is 5.97 Å². The maximum atomic E-state index is 13.2. The molecule has 3 aromatic rings. The second kappa shape index (κ2) is 7.74. The molecule has 32 heavy (non-hydrogen) atoms. The maximum absolute atomic E-state index is 13.2. The van der Waals surface area contributed by atoms with Crippen LogP contribution in [0, 0.1) is 0 Å². The third-order valence-electron chi connectivity index (χ3n) is 6.15. The zero-order valence-corrected chi connectivity index (χ0v) is 18.8. The summed E-state index contributed by atoms with van der Waals surface area (Å²) < 4.78 is 10.9. The Morgan fingerprint density at radius 2 is 2.03 bits per heavy atom. The van der Waals surface area contributed by atoms with E-state index >= 15 is 0 Å². The van der Waals surface area contributed by atoms with Crippen molar-refractivity contribution in [2.45, 2.75) is 38.5 Å². The number of carbonyl (C=O) groups is 2. The number of esters is 1. The van der Waals surface area contributed by atoms with E-state index in [9.17, 15) is 14.4 Å². The Kier molecular flexibility index (Phi) is 5.01. The van der Waals surface area contributed by atoms with Gasteiger partial charge in [-0.05, 0) is 61.8 Å². The van der Waals surface area contributed by atoms with E-state index in [0.717, 1.165) is 45.7 Å². The molecule has 0 aliphatic heterocycles. The van der Waals surface area contributed by atoms with Crippen molar-refractivity contribution in [2.75, 3.05) is 13.7 Å². The number of aryl methyl sites for hydroxylation is 1. The second-order valence-electron chi connectivity index (χ2n) is 8.20. The summed E-state index contributed by atoms with van der Waals surface area (Å²) in [5, 5.41) is 0.406. The van der Waals surface area contributed by atoms with E-state index in [1.54, 1.807) is 25.4 Å². The molecule has 164 valence electrons. The molecule has 0 atom stereocenters. The number of ketones is 1. The number of ether oxygens (including phenoxy) is 2. The maximum Gasteiger partial charge on any atom is 0.343 e. The van der Waals surface area contributed by atoms with Gasteiger partial charge in [-0.1, -0.05) is 6.58 Å². The SMILES string of the molecule is C=C1CCc2sc(-c3c(C4CC4)cc4c(=O)c(C(=O)OCC)c[nH]c4c3OC)cc2C1=O. The molecule has 2 aromatic heterocycles. The van der Waals surface area contributed by atoms with Crippen molar-refractivity contribution in [1.29, 1.82) is 0 Å². The molecule has 1 aromatic carbocycles. The van der Waals surface area contributed by atoms with E-state index in [1.165, 1.54) is 6.20 Å². The highest BCUT2D eigenvalue weighted by molar-refractivity contribution is 7.16. The van der Waals surface area contributed by atoms with Gasteiger partial charge < -0.3 is 14.5 Å². The number of H-pyrrole nitrogens is 1. The molecule has 0 amide bonds. The number of allylic oxidation sites excluding steroid dienone is 1. The Labute approximate surface area is 188 Å². The van der Waals surface area contributed by atoms with Gasteiger partial charge in [-0.15, -0.1) is 11.3 Å². The molecule has 1 saturated carbocycles. The van der Waals surface area contributed by atoms with Gasteiger partial charge in [-0.25, -0.2) is 4.79 Å². The van der Waals surface area contributed by atoms with Crippen LogP contribution in [0.1, 0.15) is 63.3 Å². The largest absolute Gasteiger partial charge is 0.494 e. The molecule has 5 rings (SSSR count). The van der Waals surface area contributed by atoms with Crippen LogP contribution in [0.4, 0.5) is 0 Å². The van der Waals surface area contributed by atoms with Crippen LogP contribution in [-0.2, 0) is 11.2 Å². The minimum Gasteiger partial charge on any atom is -0.494 e. The van der Waals surface area contributed by atoms with Gasteiger partial charge in [0.15, 0.2) is 11.5 Å². The van der Waals surface area contributed by atoms with E-state index in [0.29, 0.717) is 34.6 Å². The highest BCUT2D eigenvalue weighted by atomic mass is 32.1. The Balaban J connectivity index is 1.76. The predicted molar refractivity (Wildman–Crippen MR) is 124 cm³/mol. The number of hydrogen-bond donors (Lipinski definition) is 1. The monoisotopic (exact) mass is 449 g/mol. The Bertz CT molecular complexity index is 1360. The Morgan fingerprint density at radius 3 is 2.72 bits per heavy atom. The van der Waals surface area contributed by atoms with E-state index in [1.807, 2.05) is 12.1 Å². The van der Waals surface area contributed by atoms with E-state index < -0.39 is 5.97 Å². The fraction of sp³-hybridized carbons (Fsp3) is 0.320. The second-order valence-corrected chi connectivity index (χ2v) is 9.34. The molecule has 6 nitrogen and oxygen atoms in total. The van der Waals surface area contributed by atoms with Crippen LogP contribution in [0.15, 0.2) is 35.3 Å². The van der Waals surface area contributed by atoms with Crippen molar-refractivity contribution in [3.05, 3.63) is 62.3 Å². The van der Waals surface area contributed by atoms with Crippen LogP contribution in [0.25, 0.3) is 21.3 Å². The highest BCUT2D eigenvalue weighted by Gasteiger charge is 2.33. The lowest BCUT2D eigenvalue weighted by atomic mass is 9.92. The summed E-state index contributed by atoms with van der Waals surface area (Å²) in [4.78, 5) is 43.2. The normalized spacial score (nSPS) is 15.7. The molecule has 1 fully saturated rings. The number of aromatic nitrogens is 1. The molecule has 1 N–H and O–H groups in total. The first kappa shape index (κ1) is 20.7. The molecule has 2 aliphatic carbocycles. The lowest BCUT2D eigenvalue weighted by Gasteiger charge is -2.16. The summed E-state index contributed by atoms with van der Waals surface area (Å²) in [6, 6.07) is 3.82. The number of hydrogen-bond acceptors (Lipinski definition) is 6. The number of methoxy groups -OCH3 is 1. The van der Waals surface area contributed by atoms with E-state index in [-0.39, 0.29) is 23.4 Å². The van der Waals surface area contributed by atoms with Gasteiger partial charge in [-0.3, -0.25) is 9.59 Å². The highest BCUT2D eigenvalue weighted by Crippen LogP contribution is 2.51. The molecule has 7 heteroatoms. The van der Waals surface area contributed by atoms with Crippen LogP contribution in [0.2, 0.25) is 0 Å². The summed E-state index contributed by atoms with van der Waals surface area (Å²) in [6.07, 6.45) is 4.92. The lowest BCUT2D eigenvalue weighted by molar-refractivity contribution is 0.0524. The number of pyridine rings is 1. The number of aromatic amines is 1. The van der Waals surface area contributed by atoms with Gasteiger partial charge in [0.25, 0.3) is 0 Å². The number of carbonyl (C=O) groups excluding carboxylic acids is 2. The molecule has 2 heterocycles. The van der Waals surface area contributed by atoms with E-state index in [2.05, 4.69) is 11.6 Å². The number of thiophene rings is 1. The van der Waals surface area contributed by atoms with Crippen molar-refractivity contribution in [2.24, 2.45) is 0 Å². The van der Waals surface area contributed by atoms with Crippen molar-refractivity contribution >= 4 is 34.0 Å². The number of rotatable bonds is 5. The minimum atomic E-state index is -0.642. The number of benzene rings is 1. The summed E-state index contributed by atoms with van der Waals surface area (Å²) >= 11 is 1.60. The zero-order chi connectivity index (χ0) is 22.6. The quantitative estimate of drug-likeness (QED) is 0.437. The number of fused-ring (bicyclic) bond motifs is 2. The molecule has 0 bridgehead atoms. The van der Waals surface area contributed by atoms with Gasteiger partial charge in [-0.2, -0.15) is 0 Å². The smallest absolute Gasteiger partial charge is 0.343 e. The Morgan fingerprint density at radius 1 is 1.25 bits per heavy atom. The van der Waals surface area contributed by atoms with Crippen LogP contribution in [0.3, 0.4) is 0 Å². The standard InChI is InChI=1S/C25H23NO5S/c1-4-31-25(29)17-11-26-21-16(23(17)28)9-14(13-6-7-13)20(24(21)30-3)19-10-15-18(32-19)8-5-12(2)22(15)27/h9-11,13H,2,4-8H2,1,3H3,(H,26,28). The topological polar surface area (TPSA) is 85.5 Å². The van der Waals surface area contributed by atoms with Crippen molar-refractivity contribution in [3.63, 3.8) is 0 Å². The first-order valence-corrected chi connectivity index (χ1v) is 11.5. The lowest BCUT2D eigenvalue weighted by Crippen LogP contribution is -2.18. The van der Waals surface area contributed by atoms with Gasteiger partial charge in [0.1, 0.15) is 5.56 Å². The number of Topliss-reactive ketones (excluding diaryl/α,β-unsaturated/α-hetero) is 1. The van der Waals surface area contributed by atoms with Crippen molar-refractivity contribution < 1.29 is 19.1 Å². The van der Waals surface area contributed by atoms with Crippen LogP contribution in [0.5, 0.6) is 5.75 Å². The molecular formula is C25H23NO5S. The van der Waals surface area contributed by atoms with Crippen LogP contribution < -0.4 is 10.2 Å². The summed E-state index contributed by atoms with van der Waals surface area (Å²) in [6.45, 7) is 5.80. The summed E-state index contributed by atoms with van der Waals surface area (Å²) in [7, 11) is 1.58. The molecule has 2 aliphatic rings. The minimum absolute atomic E-state index is 0.00830. The molecular weight excluding hydrogens is 426 g/mol. The third-order valence-corrected chi connectivity index (χ3v) is 7.37. The van der Waals surface area contributed by atoms with Crippen LogP contribution in [-0.4, -0.2) is 30.5 Å². The average Bonchev–Trinajstić information content (AvgIpc) is 3.54. The first-order valence-electron chi connectivity index (χ1n) is 10.7. The first-order chi connectivity index (χ1) is 15.4. The average molecular weight is 450 g/mol. The van der Waals surface area contributed by atoms with E-state index in [4.69, 9.17) is 9.47 Å². The fourth-order valence-corrected chi connectivity index (χ4v) is 5.61. The number of nitrogens with one attached hydrogen (secondary N) is 1. The van der Waals surface area contributed by atoms with Gasteiger partial charge in [0.05, 0.1) is 24.6 Å².